The van der Waals surface area contributed by atoms with E-state index in [1.54, 1.807) is 0 Å². The molecule has 14 heteroatoms. The molecule has 14 nitrogen and oxygen atoms in total. The van der Waals surface area contributed by atoms with Gasteiger partial charge < -0.3 is 39.9 Å². The van der Waals surface area contributed by atoms with Crippen LogP contribution in [0.4, 0.5) is 9.59 Å². The van der Waals surface area contributed by atoms with Crippen LogP contribution in [0.1, 0.15) is 77.1 Å². The van der Waals surface area contributed by atoms with Crippen LogP contribution in [0.15, 0.2) is 73.1 Å². The number of hydrogen-bond acceptors (Lipinski definition) is 8. The topological polar surface area (TPSA) is 175 Å². The number of carbonyl (C=O) groups is 4. The molecule has 0 radical (unpaired) electrons. The van der Waals surface area contributed by atoms with Gasteiger partial charge in [0.1, 0.15) is 23.7 Å². The molecule has 2 saturated heterocycles. The van der Waals surface area contributed by atoms with E-state index >= 15 is 0 Å². The maximum absolute atomic E-state index is 13.8. The molecule has 5 aromatic rings. The van der Waals surface area contributed by atoms with Crippen molar-refractivity contribution in [3.63, 3.8) is 0 Å². The van der Waals surface area contributed by atoms with E-state index in [1.165, 1.54) is 14.2 Å². The fourth-order valence-corrected chi connectivity index (χ4v) is 9.50. The fourth-order valence-electron chi connectivity index (χ4n) is 9.50. The van der Waals surface area contributed by atoms with Crippen LogP contribution in [-0.2, 0) is 19.1 Å². The number of nitrogens with zero attached hydrogens (tertiary/aromatic N) is 4. The maximum Gasteiger partial charge on any atom is 0.407 e. The minimum Gasteiger partial charge on any atom is -0.453 e. The summed E-state index contributed by atoms with van der Waals surface area (Å²) >= 11 is 0. The highest BCUT2D eigenvalue weighted by atomic mass is 16.5. The molecule has 3 aromatic carbocycles. The van der Waals surface area contributed by atoms with Crippen LogP contribution in [0, 0.1) is 23.7 Å². The smallest absolute Gasteiger partial charge is 0.407 e. The number of imidazole rings is 2. The van der Waals surface area contributed by atoms with Crippen molar-refractivity contribution in [2.75, 3.05) is 14.2 Å². The predicted octanol–water partition coefficient (Wildman–Crippen LogP) is 7.37. The number of amides is 4. The Morgan fingerprint density at radius 1 is 0.600 bits per heavy atom. The van der Waals surface area contributed by atoms with Gasteiger partial charge in [-0.3, -0.25) is 9.59 Å². The number of ether oxygens (including phenoxy) is 2. The highest BCUT2D eigenvalue weighted by molar-refractivity contribution is 5.91. The summed E-state index contributed by atoms with van der Waals surface area (Å²) in [6.07, 6.45) is 6.10. The van der Waals surface area contributed by atoms with Gasteiger partial charge in [0.15, 0.2) is 0 Å². The Morgan fingerprint density at radius 3 is 1.48 bits per heavy atom. The van der Waals surface area contributed by atoms with Crippen molar-refractivity contribution in [3.05, 3.63) is 84.7 Å². The van der Waals surface area contributed by atoms with Crippen LogP contribution >= 0.6 is 0 Å². The van der Waals surface area contributed by atoms with Gasteiger partial charge >= 0.3 is 12.2 Å². The molecule has 2 aromatic heterocycles. The van der Waals surface area contributed by atoms with Gasteiger partial charge in [-0.1, -0.05) is 76.2 Å². The number of aromatic amines is 2. The molecule has 2 aliphatic heterocycles. The molecule has 2 saturated carbocycles. The third-order valence-corrected chi connectivity index (χ3v) is 13.0. The number of hydrogen-bond donors (Lipinski definition) is 4. The number of alkyl carbamates (subject to hydrolysis) is 2. The highest BCUT2D eigenvalue weighted by Gasteiger charge is 2.57. The molecule has 2 aliphatic carbocycles. The first-order valence-electron chi connectivity index (χ1n) is 21.0. The molecule has 0 bridgehead atoms. The van der Waals surface area contributed by atoms with Crippen LogP contribution in [0.3, 0.4) is 0 Å². The second-order valence-corrected chi connectivity index (χ2v) is 17.6. The van der Waals surface area contributed by atoms with Crippen LogP contribution in [0.25, 0.3) is 44.4 Å². The average molecular weight is 813 g/mol. The van der Waals surface area contributed by atoms with E-state index in [2.05, 4.69) is 81.3 Å². The van der Waals surface area contributed by atoms with Gasteiger partial charge in [0.05, 0.1) is 50.1 Å². The van der Waals surface area contributed by atoms with Gasteiger partial charge in [0.25, 0.3) is 0 Å². The number of carbonyl (C=O) groups excluding carboxylic acids is 4. The Kier molecular flexibility index (Phi) is 10.1. The minimum atomic E-state index is -0.677. The Morgan fingerprint density at radius 2 is 1.02 bits per heavy atom. The van der Waals surface area contributed by atoms with Gasteiger partial charge in [-0.05, 0) is 89.0 Å². The quantitative estimate of drug-likeness (QED) is 0.107. The lowest BCUT2D eigenvalue weighted by Crippen LogP contribution is -2.52. The summed E-state index contributed by atoms with van der Waals surface area (Å²) in [4.78, 5) is 72.2. The Balaban J connectivity index is 0.880. The first-order valence-corrected chi connectivity index (χ1v) is 21.0. The molecule has 4 N–H and O–H groups in total. The zero-order chi connectivity index (χ0) is 42.0. The van der Waals surface area contributed by atoms with E-state index in [9.17, 15) is 19.2 Å². The van der Waals surface area contributed by atoms with E-state index in [-0.39, 0.29) is 47.8 Å². The van der Waals surface area contributed by atoms with Gasteiger partial charge in [0, 0.05) is 17.6 Å². The molecule has 4 aliphatic rings. The van der Waals surface area contributed by atoms with E-state index in [0.29, 0.717) is 11.8 Å². The summed E-state index contributed by atoms with van der Waals surface area (Å²) in [7, 11) is 2.61. The summed E-state index contributed by atoms with van der Waals surface area (Å²) < 4.78 is 9.61. The van der Waals surface area contributed by atoms with E-state index in [1.807, 2.05) is 49.9 Å². The van der Waals surface area contributed by atoms with Gasteiger partial charge in [-0.25, -0.2) is 19.6 Å². The first kappa shape index (κ1) is 39.3. The molecule has 0 unspecified atom stereocenters. The molecule has 4 fully saturated rings. The number of fused-ring (bicyclic) bond motifs is 3. The SMILES string of the molecule is COC(=O)N[C@H](C(=O)N1[C@@H]2C[C@@H]2C[C@H]1c1ncc(-c2ccc(-c3ccc4cc(-c5cnc([C@@H]6C[C@H]7C[C@H]7N6C(=O)[C@@H](NC(=O)OC)C(C)C)[nH]5)ccc4c3)cc2)[nH]1)C(C)C. The lowest BCUT2D eigenvalue weighted by atomic mass is 9.98. The normalized spacial score (nSPS) is 23.6. The summed E-state index contributed by atoms with van der Waals surface area (Å²) in [5.74, 6) is 2.02. The molecule has 60 heavy (non-hydrogen) atoms. The molecule has 8 atom stereocenters. The summed E-state index contributed by atoms with van der Waals surface area (Å²) in [6.45, 7) is 7.69. The van der Waals surface area contributed by atoms with E-state index in [4.69, 9.17) is 19.4 Å². The Labute approximate surface area is 348 Å². The van der Waals surface area contributed by atoms with E-state index < -0.39 is 24.3 Å². The number of likely N-dealkylation sites (tertiary alicyclic amines) is 2. The number of H-pyrrole nitrogens is 2. The zero-order valence-electron chi connectivity index (χ0n) is 34.8. The molecule has 9 rings (SSSR count). The number of aromatic nitrogens is 4. The van der Waals surface area contributed by atoms with Gasteiger partial charge in [0.2, 0.25) is 11.8 Å². The third kappa shape index (κ3) is 7.26. The van der Waals surface area contributed by atoms with Crippen LogP contribution in [0.2, 0.25) is 0 Å². The van der Waals surface area contributed by atoms with Crippen molar-refractivity contribution >= 4 is 34.8 Å². The molecular weight excluding hydrogens is 761 g/mol. The third-order valence-electron chi connectivity index (χ3n) is 13.0. The highest BCUT2D eigenvalue weighted by Crippen LogP contribution is 2.54. The lowest BCUT2D eigenvalue weighted by Gasteiger charge is -2.31. The Bertz CT molecular complexity index is 2460. The maximum atomic E-state index is 13.8. The average Bonchev–Trinajstić information content (AvgIpc) is 3.83. The van der Waals surface area contributed by atoms with Crippen molar-refractivity contribution < 1.29 is 28.7 Å². The molecule has 312 valence electrons. The van der Waals surface area contributed by atoms with Crippen LogP contribution in [0.5, 0.6) is 0 Å². The van der Waals surface area contributed by atoms with Crippen molar-refractivity contribution in [1.29, 1.82) is 0 Å². The van der Waals surface area contributed by atoms with Crippen molar-refractivity contribution in [2.45, 2.75) is 89.6 Å². The number of methoxy groups -OCH3 is 2. The molecule has 4 amide bonds. The van der Waals surface area contributed by atoms with Gasteiger partial charge in [-0.2, -0.15) is 0 Å². The fraction of sp³-hybridized carbons (Fsp3) is 0.435. The van der Waals surface area contributed by atoms with Gasteiger partial charge in [-0.15, -0.1) is 0 Å². The second-order valence-electron chi connectivity index (χ2n) is 17.6. The van der Waals surface area contributed by atoms with Crippen molar-refractivity contribution in [2.24, 2.45) is 23.7 Å². The predicted molar refractivity (Wildman–Crippen MR) is 225 cm³/mol. The minimum absolute atomic E-state index is 0.0970. The van der Waals surface area contributed by atoms with Crippen LogP contribution < -0.4 is 10.6 Å². The molecule has 0 spiro atoms. The Hall–Kier alpha value is -6.18. The number of piperidine rings is 2. The largest absolute Gasteiger partial charge is 0.453 e. The standard InChI is InChI=1S/C46H52N8O6/c1-23(2)39(51-45(57)59-5)43(55)53-35-17-31(35)19-37(53)41-47-21-33(49-41)26-9-7-25(8-10-26)27-11-12-29-16-30(14-13-28(29)15-27)34-22-48-42(50-34)38-20-32-18-36(32)54(38)44(56)40(24(3)4)52-46(58)60-6/h7-16,21-24,31-32,35-40H,17-20H2,1-6H3,(H,47,49)(H,48,50)(H,51,57)(H,52,58)/t31-,32-,35-,36-,37+,38+,39+,40+/m1/s1. The summed E-state index contributed by atoms with van der Waals surface area (Å²) in [5, 5.41) is 7.69. The summed E-state index contributed by atoms with van der Waals surface area (Å²) in [6, 6.07) is 19.8. The van der Waals surface area contributed by atoms with Crippen molar-refractivity contribution in [1.82, 2.24) is 40.4 Å². The first-order chi connectivity index (χ1) is 28.9. The number of rotatable bonds is 11. The molecule has 4 heterocycles. The van der Waals surface area contributed by atoms with Crippen molar-refractivity contribution in [3.8, 4) is 33.6 Å². The zero-order valence-corrected chi connectivity index (χ0v) is 34.8. The van der Waals surface area contributed by atoms with Crippen LogP contribution in [-0.4, -0.2) is 92.1 Å². The van der Waals surface area contributed by atoms with E-state index in [0.717, 1.165) is 81.7 Å². The number of nitrogens with one attached hydrogen (secondary N) is 4. The lowest BCUT2D eigenvalue weighted by molar-refractivity contribution is -0.137. The monoisotopic (exact) mass is 812 g/mol. The molecular formula is C46H52N8O6. The summed E-state index contributed by atoms with van der Waals surface area (Å²) in [5.41, 5.74) is 5.95. The number of benzene rings is 3. The second kappa shape index (κ2) is 15.4.